The van der Waals surface area contributed by atoms with Crippen LogP contribution in [0.4, 0.5) is 4.79 Å². The molecule has 0 aromatic heterocycles. The lowest BCUT2D eigenvalue weighted by molar-refractivity contribution is -0.151. The van der Waals surface area contributed by atoms with Crippen LogP contribution in [0.15, 0.2) is 30.3 Å². The third-order valence-corrected chi connectivity index (χ3v) is 4.31. The standard InChI is InChI=1S/C19H22N4O5/c1-19(9-8-14-6-3-2-4-7-14)17(26)23(18(27)22-19)12-16(25)28-13-15(24)21-11-5-10-20/h2-4,6-7H,5,8-9,11-13H2,1H3,(H,21,24)(H,22,27)/t19-/m0/s1. The zero-order chi connectivity index (χ0) is 20.6. The number of hydrogen-bond donors (Lipinski definition) is 2. The van der Waals surface area contributed by atoms with Crippen LogP contribution >= 0.6 is 0 Å². The maximum Gasteiger partial charge on any atom is 0.326 e. The van der Waals surface area contributed by atoms with E-state index in [9.17, 15) is 19.2 Å². The van der Waals surface area contributed by atoms with Crippen LogP contribution in [-0.4, -0.2) is 54.0 Å². The number of hydrogen-bond acceptors (Lipinski definition) is 6. The van der Waals surface area contributed by atoms with Gasteiger partial charge >= 0.3 is 12.0 Å². The molecule has 0 radical (unpaired) electrons. The molecule has 0 bridgehead atoms. The van der Waals surface area contributed by atoms with Gasteiger partial charge in [0, 0.05) is 6.54 Å². The van der Waals surface area contributed by atoms with Gasteiger partial charge < -0.3 is 15.4 Å². The maximum atomic E-state index is 12.6. The molecule has 1 atom stereocenters. The summed E-state index contributed by atoms with van der Waals surface area (Å²) < 4.78 is 4.78. The molecule has 1 fully saturated rings. The molecule has 0 aliphatic carbocycles. The topological polar surface area (TPSA) is 129 Å². The number of benzene rings is 1. The molecule has 1 heterocycles. The minimum atomic E-state index is -1.11. The van der Waals surface area contributed by atoms with Gasteiger partial charge in [-0.15, -0.1) is 0 Å². The Kier molecular flexibility index (Phi) is 7.09. The molecule has 0 saturated carbocycles. The summed E-state index contributed by atoms with van der Waals surface area (Å²) in [6.07, 6.45) is 1.11. The summed E-state index contributed by atoms with van der Waals surface area (Å²) in [5.74, 6) is -1.94. The molecule has 1 aliphatic rings. The normalized spacial score (nSPS) is 18.4. The fourth-order valence-corrected chi connectivity index (χ4v) is 2.73. The molecule has 28 heavy (non-hydrogen) atoms. The minimum Gasteiger partial charge on any atom is -0.454 e. The highest BCUT2D eigenvalue weighted by atomic mass is 16.5. The van der Waals surface area contributed by atoms with E-state index in [1.165, 1.54) is 0 Å². The number of nitrogens with zero attached hydrogens (tertiary/aromatic N) is 2. The van der Waals surface area contributed by atoms with E-state index in [1.54, 1.807) is 6.92 Å². The van der Waals surface area contributed by atoms with E-state index >= 15 is 0 Å². The van der Waals surface area contributed by atoms with Crippen molar-refractivity contribution in [2.45, 2.75) is 31.7 Å². The van der Waals surface area contributed by atoms with Gasteiger partial charge in [-0.25, -0.2) is 4.79 Å². The molecule has 4 amide bonds. The van der Waals surface area contributed by atoms with E-state index in [-0.39, 0.29) is 13.0 Å². The summed E-state index contributed by atoms with van der Waals surface area (Å²) in [6, 6.07) is 10.7. The van der Waals surface area contributed by atoms with Crippen molar-refractivity contribution < 1.29 is 23.9 Å². The highest BCUT2D eigenvalue weighted by Gasteiger charge is 2.48. The molecule has 1 aromatic carbocycles. The van der Waals surface area contributed by atoms with Gasteiger partial charge in [-0.2, -0.15) is 5.26 Å². The first-order chi connectivity index (χ1) is 13.4. The van der Waals surface area contributed by atoms with Crippen molar-refractivity contribution in [2.75, 3.05) is 19.7 Å². The number of ether oxygens (including phenoxy) is 1. The van der Waals surface area contributed by atoms with E-state index in [1.807, 2.05) is 36.4 Å². The molecule has 1 aliphatic heterocycles. The third-order valence-electron chi connectivity index (χ3n) is 4.31. The molecule has 2 rings (SSSR count). The molecule has 0 spiro atoms. The molecular weight excluding hydrogens is 364 g/mol. The molecule has 1 aromatic rings. The van der Waals surface area contributed by atoms with Crippen molar-refractivity contribution in [1.29, 1.82) is 5.26 Å². The summed E-state index contributed by atoms with van der Waals surface area (Å²) in [4.78, 5) is 48.9. The fourth-order valence-electron chi connectivity index (χ4n) is 2.73. The van der Waals surface area contributed by atoms with E-state index in [4.69, 9.17) is 10.00 Å². The number of aryl methyl sites for hydroxylation is 1. The van der Waals surface area contributed by atoms with Crippen LogP contribution in [0, 0.1) is 11.3 Å². The average Bonchev–Trinajstić information content (AvgIpc) is 2.89. The largest absolute Gasteiger partial charge is 0.454 e. The zero-order valence-electron chi connectivity index (χ0n) is 15.6. The van der Waals surface area contributed by atoms with E-state index in [2.05, 4.69) is 10.6 Å². The number of nitrogens with one attached hydrogen (secondary N) is 2. The minimum absolute atomic E-state index is 0.143. The SMILES string of the molecule is C[C@@]1(CCc2ccccc2)NC(=O)N(CC(=O)OCC(=O)NCCC#N)C1=O. The van der Waals surface area contributed by atoms with Crippen LogP contribution in [0.3, 0.4) is 0 Å². The summed E-state index contributed by atoms with van der Waals surface area (Å²) in [5.41, 5.74) is -0.0759. The summed E-state index contributed by atoms with van der Waals surface area (Å²) in [6.45, 7) is 0.653. The monoisotopic (exact) mass is 386 g/mol. The fraction of sp³-hybridized carbons (Fsp3) is 0.421. The van der Waals surface area contributed by atoms with Gasteiger partial charge in [0.1, 0.15) is 12.1 Å². The second-order valence-corrected chi connectivity index (χ2v) is 6.56. The van der Waals surface area contributed by atoms with E-state index in [0.717, 1.165) is 10.5 Å². The zero-order valence-corrected chi connectivity index (χ0v) is 15.6. The number of urea groups is 1. The number of carbonyl (C=O) groups is 4. The van der Waals surface area contributed by atoms with Gasteiger partial charge in [0.25, 0.3) is 11.8 Å². The van der Waals surface area contributed by atoms with Crippen LogP contribution in [-0.2, 0) is 25.5 Å². The number of nitriles is 1. The number of esters is 1. The first kappa shape index (κ1) is 20.9. The second-order valence-electron chi connectivity index (χ2n) is 6.56. The van der Waals surface area contributed by atoms with Gasteiger partial charge in [0.05, 0.1) is 12.5 Å². The lowest BCUT2D eigenvalue weighted by atomic mass is 9.93. The van der Waals surface area contributed by atoms with Crippen molar-refractivity contribution in [3.8, 4) is 6.07 Å². The lowest BCUT2D eigenvalue weighted by Crippen LogP contribution is -2.44. The van der Waals surface area contributed by atoms with Crippen molar-refractivity contribution in [3.05, 3.63) is 35.9 Å². The quantitative estimate of drug-likeness (QED) is 0.361. The highest BCUT2D eigenvalue weighted by molar-refractivity contribution is 6.08. The van der Waals surface area contributed by atoms with Crippen molar-refractivity contribution in [3.63, 3.8) is 0 Å². The predicted molar refractivity (Wildman–Crippen MR) is 97.6 cm³/mol. The summed E-state index contributed by atoms with van der Waals surface area (Å²) >= 11 is 0. The van der Waals surface area contributed by atoms with Gasteiger partial charge in [0.2, 0.25) is 0 Å². The number of imide groups is 1. The Labute approximate surface area is 162 Å². The number of amides is 4. The number of rotatable bonds is 9. The first-order valence-electron chi connectivity index (χ1n) is 8.83. The molecule has 1 saturated heterocycles. The van der Waals surface area contributed by atoms with E-state index in [0.29, 0.717) is 12.8 Å². The van der Waals surface area contributed by atoms with E-state index < -0.39 is 42.5 Å². The smallest absolute Gasteiger partial charge is 0.326 e. The van der Waals surface area contributed by atoms with Crippen LogP contribution in [0.5, 0.6) is 0 Å². The Morgan fingerprint density at radius 2 is 2.00 bits per heavy atom. The molecule has 9 heteroatoms. The van der Waals surface area contributed by atoms with Gasteiger partial charge in [-0.1, -0.05) is 30.3 Å². The van der Waals surface area contributed by atoms with Gasteiger partial charge in [-0.05, 0) is 25.3 Å². The summed E-state index contributed by atoms with van der Waals surface area (Å²) in [7, 11) is 0. The second kappa shape index (κ2) is 9.50. The Balaban J connectivity index is 1.84. The van der Waals surface area contributed by atoms with Crippen molar-refractivity contribution in [2.24, 2.45) is 0 Å². The molecule has 0 unspecified atom stereocenters. The molecule has 148 valence electrons. The molecular formula is C19H22N4O5. The van der Waals surface area contributed by atoms with Crippen LogP contribution in [0.2, 0.25) is 0 Å². The Morgan fingerprint density at radius 1 is 1.29 bits per heavy atom. The van der Waals surface area contributed by atoms with Gasteiger partial charge in [0.15, 0.2) is 6.61 Å². The Hall–Kier alpha value is -3.41. The Bertz CT molecular complexity index is 789. The third kappa shape index (κ3) is 5.54. The van der Waals surface area contributed by atoms with Crippen LogP contribution in [0.1, 0.15) is 25.3 Å². The van der Waals surface area contributed by atoms with Gasteiger partial charge in [-0.3, -0.25) is 19.3 Å². The molecule has 9 nitrogen and oxygen atoms in total. The highest BCUT2D eigenvalue weighted by Crippen LogP contribution is 2.23. The van der Waals surface area contributed by atoms with Crippen molar-refractivity contribution >= 4 is 23.8 Å². The maximum absolute atomic E-state index is 12.6. The average molecular weight is 386 g/mol. The van der Waals surface area contributed by atoms with Crippen LogP contribution in [0.25, 0.3) is 0 Å². The van der Waals surface area contributed by atoms with Crippen molar-refractivity contribution in [1.82, 2.24) is 15.5 Å². The lowest BCUT2D eigenvalue weighted by Gasteiger charge is -2.21. The summed E-state index contributed by atoms with van der Waals surface area (Å²) in [5, 5.41) is 13.4. The Morgan fingerprint density at radius 3 is 2.68 bits per heavy atom. The first-order valence-corrected chi connectivity index (χ1v) is 8.83. The predicted octanol–water partition coefficient (Wildman–Crippen LogP) is 0.503. The van der Waals surface area contributed by atoms with Crippen LogP contribution < -0.4 is 10.6 Å². The number of carbonyl (C=O) groups excluding carboxylic acids is 4. The molecule has 2 N–H and O–H groups in total.